The summed E-state index contributed by atoms with van der Waals surface area (Å²) in [6.07, 6.45) is 1.17. The molecule has 0 saturated carbocycles. The van der Waals surface area contributed by atoms with E-state index >= 15 is 0 Å². The molecule has 3 rings (SSSR count). The number of imide groups is 1. The Morgan fingerprint density at radius 3 is 2.24 bits per heavy atom. The predicted molar refractivity (Wildman–Crippen MR) is 126 cm³/mol. The van der Waals surface area contributed by atoms with Gasteiger partial charge in [-0.25, -0.2) is 0 Å². The normalized spacial score (nSPS) is 13.6. The van der Waals surface area contributed by atoms with Gasteiger partial charge in [0.05, 0.1) is 11.1 Å². The van der Waals surface area contributed by atoms with E-state index in [-0.39, 0.29) is 43.1 Å². The molecule has 4 amide bonds. The first kappa shape index (κ1) is 24.5. The van der Waals surface area contributed by atoms with Crippen molar-refractivity contribution in [2.75, 3.05) is 13.1 Å². The summed E-state index contributed by atoms with van der Waals surface area (Å²) in [5.41, 5.74) is 1.51. The summed E-state index contributed by atoms with van der Waals surface area (Å²) in [5.74, 6) is -1.17. The van der Waals surface area contributed by atoms with Crippen molar-refractivity contribution >= 4 is 35.2 Å². The number of hydrogen-bond acceptors (Lipinski definition) is 4. The zero-order chi connectivity index (χ0) is 24.0. The molecule has 1 atom stereocenters. The molecule has 1 heterocycles. The highest BCUT2D eigenvalue weighted by Crippen LogP contribution is 2.23. The van der Waals surface area contributed by atoms with E-state index in [2.05, 4.69) is 5.32 Å². The maximum atomic E-state index is 13.1. The van der Waals surface area contributed by atoms with Gasteiger partial charge in [-0.2, -0.15) is 0 Å². The van der Waals surface area contributed by atoms with Gasteiger partial charge in [-0.15, -0.1) is 0 Å². The SMILES string of the molecule is CCCNC(=O)C(C)N(Cc1ccccc1Cl)C(=O)CCCN1C(=O)c2ccccc2C1=O. The van der Waals surface area contributed by atoms with Crippen molar-refractivity contribution in [3.63, 3.8) is 0 Å². The number of rotatable bonds is 10. The minimum absolute atomic E-state index is 0.0866. The van der Waals surface area contributed by atoms with Crippen molar-refractivity contribution in [2.24, 2.45) is 0 Å². The van der Waals surface area contributed by atoms with Gasteiger partial charge in [-0.3, -0.25) is 24.1 Å². The Morgan fingerprint density at radius 1 is 1.03 bits per heavy atom. The van der Waals surface area contributed by atoms with Gasteiger partial charge >= 0.3 is 0 Å². The molecular formula is C25H28ClN3O4. The summed E-state index contributed by atoms with van der Waals surface area (Å²) in [6, 6.07) is 13.2. The van der Waals surface area contributed by atoms with Crippen LogP contribution >= 0.6 is 11.6 Å². The Hall–Kier alpha value is -3.19. The van der Waals surface area contributed by atoms with Crippen molar-refractivity contribution in [2.45, 2.75) is 45.7 Å². The smallest absolute Gasteiger partial charge is 0.261 e. The van der Waals surface area contributed by atoms with Gasteiger partial charge in [0.25, 0.3) is 11.8 Å². The summed E-state index contributed by atoms with van der Waals surface area (Å²) in [5, 5.41) is 3.34. The molecule has 0 aromatic heterocycles. The van der Waals surface area contributed by atoms with Gasteiger partial charge < -0.3 is 10.2 Å². The molecule has 1 aliphatic heterocycles. The Morgan fingerprint density at radius 2 is 1.64 bits per heavy atom. The predicted octanol–water partition coefficient (Wildman–Crippen LogP) is 3.66. The standard InChI is InChI=1S/C25H28ClN3O4/c1-3-14-27-23(31)17(2)29(16-18-9-4-7-12-21(18)26)22(30)13-8-15-28-24(32)19-10-5-6-11-20(19)25(28)33/h4-7,9-12,17H,3,8,13-16H2,1-2H3,(H,27,31). The number of nitrogens with zero attached hydrogens (tertiary/aromatic N) is 2. The van der Waals surface area contributed by atoms with Gasteiger partial charge in [0.1, 0.15) is 6.04 Å². The molecule has 0 saturated heterocycles. The number of hydrogen-bond donors (Lipinski definition) is 1. The van der Waals surface area contributed by atoms with E-state index in [1.807, 2.05) is 19.1 Å². The Balaban J connectivity index is 1.67. The number of benzene rings is 2. The topological polar surface area (TPSA) is 86.8 Å². The summed E-state index contributed by atoms with van der Waals surface area (Å²) in [6.45, 7) is 4.48. The van der Waals surface area contributed by atoms with Crippen LogP contribution in [-0.4, -0.2) is 52.6 Å². The lowest BCUT2D eigenvalue weighted by Gasteiger charge is -2.29. The first-order valence-corrected chi connectivity index (χ1v) is 11.5. The molecule has 1 aliphatic rings. The number of carbonyl (C=O) groups excluding carboxylic acids is 4. The molecule has 8 heteroatoms. The summed E-state index contributed by atoms with van der Waals surface area (Å²) in [7, 11) is 0. The molecular weight excluding hydrogens is 442 g/mol. The van der Waals surface area contributed by atoms with Crippen molar-refractivity contribution in [3.05, 3.63) is 70.2 Å². The third-order valence-electron chi connectivity index (χ3n) is 5.67. The first-order chi connectivity index (χ1) is 15.8. The average molecular weight is 470 g/mol. The van der Waals surface area contributed by atoms with Crippen molar-refractivity contribution in [1.29, 1.82) is 0 Å². The second-order valence-electron chi connectivity index (χ2n) is 7.99. The monoisotopic (exact) mass is 469 g/mol. The van der Waals surface area contributed by atoms with Crippen LogP contribution in [0.25, 0.3) is 0 Å². The zero-order valence-corrected chi connectivity index (χ0v) is 19.6. The van der Waals surface area contributed by atoms with Crippen molar-refractivity contribution < 1.29 is 19.2 Å². The molecule has 0 radical (unpaired) electrons. The van der Waals surface area contributed by atoms with Crippen LogP contribution < -0.4 is 5.32 Å². The van der Waals surface area contributed by atoms with E-state index in [9.17, 15) is 19.2 Å². The lowest BCUT2D eigenvalue weighted by Crippen LogP contribution is -2.47. The number of amides is 4. The third kappa shape index (κ3) is 5.60. The van der Waals surface area contributed by atoms with Crippen LogP contribution in [0.1, 0.15) is 59.4 Å². The quantitative estimate of drug-likeness (QED) is 0.538. The fourth-order valence-corrected chi connectivity index (χ4v) is 3.96. The van der Waals surface area contributed by atoms with Crippen LogP contribution in [0.15, 0.2) is 48.5 Å². The third-order valence-corrected chi connectivity index (χ3v) is 6.03. The lowest BCUT2D eigenvalue weighted by molar-refractivity contribution is -0.140. The fourth-order valence-electron chi connectivity index (χ4n) is 3.76. The fraction of sp³-hybridized carbons (Fsp3) is 0.360. The molecule has 174 valence electrons. The lowest BCUT2D eigenvalue weighted by atomic mass is 10.1. The van der Waals surface area contributed by atoms with Gasteiger partial charge in [0.15, 0.2) is 0 Å². The van der Waals surface area contributed by atoms with Crippen LogP contribution in [0.4, 0.5) is 0 Å². The molecule has 33 heavy (non-hydrogen) atoms. The van der Waals surface area contributed by atoms with E-state index in [1.54, 1.807) is 43.3 Å². The molecule has 2 aromatic rings. The minimum atomic E-state index is -0.695. The maximum absolute atomic E-state index is 13.1. The molecule has 0 fully saturated rings. The zero-order valence-electron chi connectivity index (χ0n) is 18.8. The summed E-state index contributed by atoms with van der Waals surface area (Å²) >= 11 is 6.29. The molecule has 0 aliphatic carbocycles. The Labute approximate surface area is 198 Å². The second-order valence-corrected chi connectivity index (χ2v) is 8.40. The van der Waals surface area contributed by atoms with Gasteiger partial charge in [-0.1, -0.05) is 48.9 Å². The van der Waals surface area contributed by atoms with Crippen LogP contribution in [0.2, 0.25) is 5.02 Å². The number of fused-ring (bicyclic) bond motifs is 1. The Kier molecular flexibility index (Phi) is 8.22. The van der Waals surface area contributed by atoms with E-state index < -0.39 is 6.04 Å². The van der Waals surface area contributed by atoms with Crippen molar-refractivity contribution in [1.82, 2.24) is 15.1 Å². The highest BCUT2D eigenvalue weighted by Gasteiger charge is 2.35. The van der Waals surface area contributed by atoms with Crippen LogP contribution in [0.5, 0.6) is 0 Å². The highest BCUT2D eigenvalue weighted by molar-refractivity contribution is 6.31. The van der Waals surface area contributed by atoms with E-state index in [1.165, 1.54) is 9.80 Å². The van der Waals surface area contributed by atoms with E-state index in [4.69, 9.17) is 11.6 Å². The maximum Gasteiger partial charge on any atom is 0.261 e. The highest BCUT2D eigenvalue weighted by atomic mass is 35.5. The van der Waals surface area contributed by atoms with Crippen LogP contribution in [0, 0.1) is 0 Å². The molecule has 0 spiro atoms. The number of nitrogens with one attached hydrogen (secondary N) is 1. The largest absolute Gasteiger partial charge is 0.354 e. The second kappa shape index (κ2) is 11.1. The molecule has 0 bridgehead atoms. The first-order valence-electron chi connectivity index (χ1n) is 11.1. The van der Waals surface area contributed by atoms with E-state index in [0.29, 0.717) is 29.1 Å². The molecule has 1 N–H and O–H groups in total. The van der Waals surface area contributed by atoms with Gasteiger partial charge in [0, 0.05) is 31.1 Å². The van der Waals surface area contributed by atoms with Crippen molar-refractivity contribution in [3.8, 4) is 0 Å². The average Bonchev–Trinajstić information content (AvgIpc) is 3.06. The van der Waals surface area contributed by atoms with Gasteiger partial charge in [0.2, 0.25) is 11.8 Å². The molecule has 2 aromatic carbocycles. The number of carbonyl (C=O) groups is 4. The number of halogens is 1. The minimum Gasteiger partial charge on any atom is -0.354 e. The van der Waals surface area contributed by atoms with Crippen LogP contribution in [0.3, 0.4) is 0 Å². The van der Waals surface area contributed by atoms with Crippen LogP contribution in [-0.2, 0) is 16.1 Å². The van der Waals surface area contributed by atoms with Gasteiger partial charge in [-0.05, 0) is 43.5 Å². The molecule has 7 nitrogen and oxygen atoms in total. The Bertz CT molecular complexity index is 1020. The van der Waals surface area contributed by atoms with E-state index in [0.717, 1.165) is 12.0 Å². The molecule has 1 unspecified atom stereocenters. The summed E-state index contributed by atoms with van der Waals surface area (Å²) < 4.78 is 0. The summed E-state index contributed by atoms with van der Waals surface area (Å²) in [4.78, 5) is 53.5.